The molecule has 2 aromatic carbocycles. The van der Waals surface area contributed by atoms with Gasteiger partial charge in [-0.25, -0.2) is 13.4 Å². The van der Waals surface area contributed by atoms with Crippen LogP contribution in [-0.4, -0.2) is 51.2 Å². The van der Waals surface area contributed by atoms with E-state index in [-0.39, 0.29) is 4.90 Å². The highest BCUT2D eigenvalue weighted by Gasteiger charge is 2.23. The lowest BCUT2D eigenvalue weighted by molar-refractivity contribution is 0.355. The van der Waals surface area contributed by atoms with Crippen LogP contribution >= 0.6 is 11.3 Å². The summed E-state index contributed by atoms with van der Waals surface area (Å²) in [7, 11) is -0.383. The van der Waals surface area contributed by atoms with Gasteiger partial charge in [-0.3, -0.25) is 5.43 Å². The standard InChI is InChI=1S/C24H30N4O4S2/c1-5-12-28(13-6-2)34(29,30)20-9-7-8-19(15-20)21-17-33-24(26-21)27-25-16-18-10-11-22(31-3)23(14-18)32-4/h7-11,14-17H,5-6,12-13H2,1-4H3,(H,26,27)/b25-16+. The van der Waals surface area contributed by atoms with E-state index < -0.39 is 10.0 Å². The second-order valence-corrected chi connectivity index (χ2v) is 10.3. The zero-order valence-corrected chi connectivity index (χ0v) is 21.4. The van der Waals surface area contributed by atoms with E-state index in [2.05, 4.69) is 15.5 Å². The molecule has 0 saturated carbocycles. The first-order chi connectivity index (χ1) is 16.4. The number of methoxy groups -OCH3 is 2. The van der Waals surface area contributed by atoms with Gasteiger partial charge in [0.25, 0.3) is 0 Å². The molecule has 0 bridgehead atoms. The van der Waals surface area contributed by atoms with Gasteiger partial charge in [-0.1, -0.05) is 26.0 Å². The third-order valence-corrected chi connectivity index (χ3v) is 7.64. The minimum absolute atomic E-state index is 0.279. The number of nitrogens with one attached hydrogen (secondary N) is 1. The summed E-state index contributed by atoms with van der Waals surface area (Å²) in [6.07, 6.45) is 3.19. The molecule has 0 atom stereocenters. The van der Waals surface area contributed by atoms with Gasteiger partial charge in [0, 0.05) is 24.0 Å². The molecule has 8 nitrogen and oxygen atoms in total. The Morgan fingerprint density at radius 2 is 1.79 bits per heavy atom. The maximum absolute atomic E-state index is 13.1. The second kappa shape index (κ2) is 12.0. The number of sulfonamides is 1. The predicted octanol–water partition coefficient (Wildman–Crippen LogP) is 5.08. The first-order valence-electron chi connectivity index (χ1n) is 11.0. The van der Waals surface area contributed by atoms with Gasteiger partial charge in [0.2, 0.25) is 15.2 Å². The van der Waals surface area contributed by atoms with Crippen molar-refractivity contribution in [2.45, 2.75) is 31.6 Å². The number of hydrogen-bond acceptors (Lipinski definition) is 8. The number of hydrazone groups is 1. The summed E-state index contributed by atoms with van der Waals surface area (Å²) >= 11 is 1.39. The molecular weight excluding hydrogens is 472 g/mol. The number of rotatable bonds is 12. The normalized spacial score (nSPS) is 11.8. The van der Waals surface area contributed by atoms with Crippen molar-refractivity contribution >= 4 is 32.7 Å². The minimum Gasteiger partial charge on any atom is -0.493 e. The van der Waals surface area contributed by atoms with E-state index in [0.717, 1.165) is 24.0 Å². The molecule has 3 rings (SSSR count). The Bertz CT molecular complexity index is 1220. The van der Waals surface area contributed by atoms with Crippen LogP contribution < -0.4 is 14.9 Å². The number of thiazole rings is 1. The first kappa shape index (κ1) is 25.7. The maximum atomic E-state index is 13.1. The molecule has 0 fully saturated rings. The van der Waals surface area contributed by atoms with Crippen LogP contribution in [0, 0.1) is 0 Å². The summed E-state index contributed by atoms with van der Waals surface area (Å²) in [6, 6.07) is 12.4. The molecule has 10 heteroatoms. The molecule has 0 aliphatic rings. The fourth-order valence-corrected chi connectivity index (χ4v) is 5.71. The zero-order valence-electron chi connectivity index (χ0n) is 19.8. The summed E-state index contributed by atoms with van der Waals surface area (Å²) in [5.74, 6) is 1.27. The van der Waals surface area contributed by atoms with Crippen LogP contribution in [0.5, 0.6) is 11.5 Å². The van der Waals surface area contributed by atoms with Gasteiger partial charge in [0.15, 0.2) is 11.5 Å². The van der Waals surface area contributed by atoms with Crippen LogP contribution in [0.1, 0.15) is 32.3 Å². The van der Waals surface area contributed by atoms with Gasteiger partial charge < -0.3 is 9.47 Å². The highest BCUT2D eigenvalue weighted by molar-refractivity contribution is 7.89. The van der Waals surface area contributed by atoms with Gasteiger partial charge in [0.1, 0.15) is 0 Å². The lowest BCUT2D eigenvalue weighted by atomic mass is 10.2. The molecule has 1 aromatic heterocycles. The van der Waals surface area contributed by atoms with E-state index in [1.54, 1.807) is 42.9 Å². The fraction of sp³-hybridized carbons (Fsp3) is 0.333. The topological polar surface area (TPSA) is 93.1 Å². The number of anilines is 1. The Morgan fingerprint density at radius 3 is 2.47 bits per heavy atom. The van der Waals surface area contributed by atoms with Crippen molar-refractivity contribution in [1.29, 1.82) is 0 Å². The highest BCUT2D eigenvalue weighted by atomic mass is 32.2. The van der Waals surface area contributed by atoms with Crippen LogP contribution in [0.2, 0.25) is 0 Å². The lowest BCUT2D eigenvalue weighted by Gasteiger charge is -2.21. The second-order valence-electron chi connectivity index (χ2n) is 7.45. The zero-order chi connectivity index (χ0) is 24.6. The average Bonchev–Trinajstić information content (AvgIpc) is 3.33. The summed E-state index contributed by atoms with van der Waals surface area (Å²) in [5, 5.41) is 6.71. The Kier molecular flexibility index (Phi) is 9.03. The molecule has 34 heavy (non-hydrogen) atoms. The van der Waals surface area contributed by atoms with Crippen molar-refractivity contribution in [3.8, 4) is 22.8 Å². The smallest absolute Gasteiger partial charge is 0.243 e. The molecule has 0 aliphatic carbocycles. The molecule has 0 saturated heterocycles. The number of hydrogen-bond donors (Lipinski definition) is 1. The number of ether oxygens (including phenoxy) is 2. The van der Waals surface area contributed by atoms with Crippen molar-refractivity contribution in [1.82, 2.24) is 9.29 Å². The van der Waals surface area contributed by atoms with Gasteiger partial charge >= 0.3 is 0 Å². The molecule has 0 amide bonds. The largest absolute Gasteiger partial charge is 0.493 e. The Balaban J connectivity index is 1.75. The number of aromatic nitrogens is 1. The minimum atomic E-state index is -3.55. The molecule has 1 N–H and O–H groups in total. The molecule has 182 valence electrons. The highest BCUT2D eigenvalue weighted by Crippen LogP contribution is 2.29. The molecule has 3 aromatic rings. The Hall–Kier alpha value is -2.95. The predicted molar refractivity (Wildman–Crippen MR) is 138 cm³/mol. The van der Waals surface area contributed by atoms with Gasteiger partial charge in [0.05, 0.1) is 31.0 Å². The van der Waals surface area contributed by atoms with Crippen LogP contribution in [0.15, 0.2) is 57.8 Å². The average molecular weight is 503 g/mol. The number of benzene rings is 2. The third kappa shape index (κ3) is 6.13. The van der Waals surface area contributed by atoms with E-state index in [9.17, 15) is 8.42 Å². The molecular formula is C24H30N4O4S2. The van der Waals surface area contributed by atoms with E-state index >= 15 is 0 Å². The molecule has 0 unspecified atom stereocenters. The Morgan fingerprint density at radius 1 is 1.06 bits per heavy atom. The molecule has 0 spiro atoms. The quantitative estimate of drug-likeness (QED) is 0.274. The van der Waals surface area contributed by atoms with Gasteiger partial charge in [-0.2, -0.15) is 9.41 Å². The van der Waals surface area contributed by atoms with Gasteiger partial charge in [-0.15, -0.1) is 11.3 Å². The Labute approximate surface area is 205 Å². The maximum Gasteiger partial charge on any atom is 0.243 e. The fourth-order valence-electron chi connectivity index (χ4n) is 3.37. The van der Waals surface area contributed by atoms with Crippen molar-refractivity contribution < 1.29 is 17.9 Å². The summed E-state index contributed by atoms with van der Waals surface area (Å²) in [5.41, 5.74) is 5.18. The van der Waals surface area contributed by atoms with Crippen molar-refractivity contribution in [2.75, 3.05) is 32.7 Å². The van der Waals surface area contributed by atoms with Crippen molar-refractivity contribution in [3.05, 3.63) is 53.4 Å². The summed E-state index contributed by atoms with van der Waals surface area (Å²) in [4.78, 5) is 4.83. The van der Waals surface area contributed by atoms with Crippen LogP contribution in [0.25, 0.3) is 11.3 Å². The van der Waals surface area contributed by atoms with Crippen LogP contribution in [0.3, 0.4) is 0 Å². The monoisotopic (exact) mass is 502 g/mol. The van der Waals surface area contributed by atoms with E-state index in [0.29, 0.717) is 35.4 Å². The number of nitrogens with zero attached hydrogens (tertiary/aromatic N) is 3. The van der Waals surface area contributed by atoms with E-state index in [1.807, 2.05) is 43.5 Å². The SMILES string of the molecule is CCCN(CCC)S(=O)(=O)c1cccc(-c2csc(N/N=C/c3ccc(OC)c(OC)c3)n2)c1. The first-order valence-corrected chi connectivity index (χ1v) is 13.3. The third-order valence-electron chi connectivity index (χ3n) is 5.00. The summed E-state index contributed by atoms with van der Waals surface area (Å²) in [6.45, 7) is 4.96. The summed E-state index contributed by atoms with van der Waals surface area (Å²) < 4.78 is 38.3. The van der Waals surface area contributed by atoms with Crippen molar-refractivity contribution in [2.24, 2.45) is 5.10 Å². The van der Waals surface area contributed by atoms with Crippen molar-refractivity contribution in [3.63, 3.8) is 0 Å². The lowest BCUT2D eigenvalue weighted by Crippen LogP contribution is -2.32. The molecule has 0 radical (unpaired) electrons. The van der Waals surface area contributed by atoms with Crippen LogP contribution in [-0.2, 0) is 10.0 Å². The van der Waals surface area contributed by atoms with E-state index in [1.165, 1.54) is 11.3 Å². The van der Waals surface area contributed by atoms with Crippen LogP contribution in [0.4, 0.5) is 5.13 Å². The molecule has 1 heterocycles. The molecule has 0 aliphatic heterocycles. The van der Waals surface area contributed by atoms with E-state index in [4.69, 9.17) is 9.47 Å². The van der Waals surface area contributed by atoms with Gasteiger partial charge in [-0.05, 0) is 48.7 Å².